The minimum Gasteiger partial charge on any atom is -0.361 e. The van der Waals surface area contributed by atoms with Gasteiger partial charge in [0.25, 0.3) is 0 Å². The van der Waals surface area contributed by atoms with E-state index in [1.165, 1.54) is 73.6 Å². The lowest BCUT2D eigenvalue weighted by Gasteiger charge is -2.29. The van der Waals surface area contributed by atoms with Crippen LogP contribution in [-0.2, 0) is 6.42 Å². The van der Waals surface area contributed by atoms with E-state index in [1.54, 1.807) is 5.57 Å². The molecule has 0 bridgehead atoms. The van der Waals surface area contributed by atoms with Gasteiger partial charge in [-0.15, -0.1) is 0 Å². The highest BCUT2D eigenvalue weighted by Gasteiger charge is 2.28. The van der Waals surface area contributed by atoms with Crippen LogP contribution >= 0.6 is 0 Å². The number of aromatic nitrogens is 1. The van der Waals surface area contributed by atoms with Gasteiger partial charge in [0.15, 0.2) is 0 Å². The van der Waals surface area contributed by atoms with E-state index in [1.807, 2.05) is 0 Å². The SMILES string of the molecule is CN1CCC[C@@H]1Cc1c[nH]c2ccc(C3=CCN4CCC[C@@H]4C3)cc12. The van der Waals surface area contributed by atoms with Crippen LogP contribution in [0, 0.1) is 0 Å². The van der Waals surface area contributed by atoms with Gasteiger partial charge in [-0.2, -0.15) is 0 Å². The molecule has 2 saturated heterocycles. The monoisotopic (exact) mass is 335 g/mol. The number of H-pyrrole nitrogens is 1. The molecule has 132 valence electrons. The van der Waals surface area contributed by atoms with Crippen molar-refractivity contribution in [2.24, 2.45) is 0 Å². The normalized spacial score (nSPS) is 27.8. The van der Waals surface area contributed by atoms with Crippen LogP contribution in [0.25, 0.3) is 16.5 Å². The summed E-state index contributed by atoms with van der Waals surface area (Å²) >= 11 is 0. The number of likely N-dealkylation sites (tertiary alicyclic amines) is 1. The quantitative estimate of drug-likeness (QED) is 0.914. The highest BCUT2D eigenvalue weighted by atomic mass is 15.2. The molecule has 0 spiro atoms. The second-order valence-corrected chi connectivity index (χ2v) is 8.28. The van der Waals surface area contributed by atoms with Crippen LogP contribution in [-0.4, -0.2) is 53.5 Å². The molecule has 25 heavy (non-hydrogen) atoms. The predicted octanol–water partition coefficient (Wildman–Crippen LogP) is 4.06. The standard InChI is InChI=1S/C22H29N3/c1-24-9-2-4-19(24)13-18-15-23-22-7-6-16(14-21(18)22)17-8-11-25-10-3-5-20(25)12-17/h6-8,14-15,19-20,23H,2-5,9-13H2,1H3/t19-,20-/m1/s1. The first kappa shape index (κ1) is 15.7. The second-order valence-electron chi connectivity index (χ2n) is 8.28. The molecule has 0 amide bonds. The number of hydrogen-bond donors (Lipinski definition) is 1. The van der Waals surface area contributed by atoms with Crippen LogP contribution in [0.5, 0.6) is 0 Å². The maximum Gasteiger partial charge on any atom is 0.0457 e. The molecule has 0 radical (unpaired) electrons. The molecular weight excluding hydrogens is 306 g/mol. The number of nitrogens with zero attached hydrogens (tertiary/aromatic N) is 2. The lowest BCUT2D eigenvalue weighted by atomic mass is 9.92. The van der Waals surface area contributed by atoms with E-state index in [4.69, 9.17) is 0 Å². The van der Waals surface area contributed by atoms with E-state index >= 15 is 0 Å². The molecule has 5 rings (SSSR count). The van der Waals surface area contributed by atoms with Gasteiger partial charge in [0.1, 0.15) is 0 Å². The number of fused-ring (bicyclic) bond motifs is 2. The zero-order valence-corrected chi connectivity index (χ0v) is 15.3. The van der Waals surface area contributed by atoms with Gasteiger partial charge in [-0.3, -0.25) is 4.90 Å². The summed E-state index contributed by atoms with van der Waals surface area (Å²) in [5.74, 6) is 0. The zero-order chi connectivity index (χ0) is 16.8. The van der Waals surface area contributed by atoms with Crippen LogP contribution in [0.4, 0.5) is 0 Å². The summed E-state index contributed by atoms with van der Waals surface area (Å²) in [7, 11) is 2.28. The van der Waals surface area contributed by atoms with Crippen molar-refractivity contribution >= 4 is 16.5 Å². The number of benzene rings is 1. The van der Waals surface area contributed by atoms with E-state index < -0.39 is 0 Å². The molecule has 0 aliphatic carbocycles. The fourth-order valence-corrected chi connectivity index (χ4v) is 5.21. The fraction of sp³-hybridized carbons (Fsp3) is 0.545. The van der Waals surface area contributed by atoms with Crippen molar-refractivity contribution in [3.8, 4) is 0 Å². The first-order chi connectivity index (χ1) is 12.3. The number of hydrogen-bond acceptors (Lipinski definition) is 2. The van der Waals surface area contributed by atoms with E-state index in [0.717, 1.165) is 12.6 Å². The zero-order valence-electron chi connectivity index (χ0n) is 15.3. The van der Waals surface area contributed by atoms with Gasteiger partial charge in [0.2, 0.25) is 0 Å². The fourth-order valence-electron chi connectivity index (χ4n) is 5.21. The third-order valence-electron chi connectivity index (χ3n) is 6.79. The van der Waals surface area contributed by atoms with Crippen molar-refractivity contribution in [2.45, 2.75) is 50.6 Å². The van der Waals surface area contributed by atoms with Crippen LogP contribution in [0.15, 0.2) is 30.5 Å². The Kier molecular flexibility index (Phi) is 3.94. The summed E-state index contributed by atoms with van der Waals surface area (Å²) in [4.78, 5) is 8.68. The van der Waals surface area contributed by atoms with Crippen LogP contribution in [0.2, 0.25) is 0 Å². The Morgan fingerprint density at radius 2 is 2.08 bits per heavy atom. The third-order valence-corrected chi connectivity index (χ3v) is 6.79. The lowest BCUT2D eigenvalue weighted by Crippen LogP contribution is -2.32. The van der Waals surface area contributed by atoms with Crippen molar-refractivity contribution in [3.63, 3.8) is 0 Å². The minimum absolute atomic E-state index is 0.712. The van der Waals surface area contributed by atoms with Crippen molar-refractivity contribution in [2.75, 3.05) is 26.7 Å². The van der Waals surface area contributed by atoms with Crippen molar-refractivity contribution in [1.29, 1.82) is 0 Å². The summed E-state index contributed by atoms with van der Waals surface area (Å²) in [6.07, 6.45) is 12.6. The van der Waals surface area contributed by atoms with Crippen molar-refractivity contribution in [1.82, 2.24) is 14.8 Å². The van der Waals surface area contributed by atoms with E-state index in [-0.39, 0.29) is 0 Å². The molecule has 2 atom stereocenters. The highest BCUT2D eigenvalue weighted by molar-refractivity contribution is 5.87. The van der Waals surface area contributed by atoms with Gasteiger partial charge >= 0.3 is 0 Å². The minimum atomic E-state index is 0.712. The third kappa shape index (κ3) is 2.84. The Morgan fingerprint density at radius 1 is 1.16 bits per heavy atom. The van der Waals surface area contributed by atoms with Gasteiger partial charge in [0.05, 0.1) is 0 Å². The summed E-state index contributed by atoms with van der Waals surface area (Å²) in [6, 6.07) is 8.55. The molecule has 0 saturated carbocycles. The van der Waals surface area contributed by atoms with Gasteiger partial charge in [-0.05, 0) is 87.5 Å². The molecule has 1 aromatic carbocycles. The van der Waals surface area contributed by atoms with E-state index in [9.17, 15) is 0 Å². The summed E-state index contributed by atoms with van der Waals surface area (Å²) in [6.45, 7) is 3.69. The van der Waals surface area contributed by atoms with Crippen molar-refractivity contribution < 1.29 is 0 Å². The molecule has 1 N–H and O–H groups in total. The maximum atomic E-state index is 3.50. The lowest BCUT2D eigenvalue weighted by molar-refractivity contribution is 0.275. The maximum absolute atomic E-state index is 3.50. The molecule has 3 aliphatic heterocycles. The Hall–Kier alpha value is -1.58. The molecule has 3 heteroatoms. The highest BCUT2D eigenvalue weighted by Crippen LogP contribution is 2.34. The molecule has 2 aromatic rings. The predicted molar refractivity (Wildman–Crippen MR) is 105 cm³/mol. The molecule has 1 aromatic heterocycles. The summed E-state index contributed by atoms with van der Waals surface area (Å²) in [5, 5.41) is 1.44. The van der Waals surface area contributed by atoms with Gasteiger partial charge in [-0.25, -0.2) is 0 Å². The van der Waals surface area contributed by atoms with Gasteiger partial charge < -0.3 is 9.88 Å². The first-order valence-corrected chi connectivity index (χ1v) is 10.0. The average molecular weight is 335 g/mol. The Morgan fingerprint density at radius 3 is 2.96 bits per heavy atom. The van der Waals surface area contributed by atoms with E-state index in [2.05, 4.69) is 52.3 Å². The second kappa shape index (κ2) is 6.30. The number of aromatic amines is 1. The number of nitrogens with one attached hydrogen (secondary N) is 1. The number of rotatable bonds is 3. The van der Waals surface area contributed by atoms with Gasteiger partial charge in [0, 0.05) is 35.7 Å². The molecule has 0 unspecified atom stereocenters. The Bertz CT molecular complexity index is 803. The average Bonchev–Trinajstić information content (AvgIpc) is 3.35. The molecule has 2 fully saturated rings. The van der Waals surface area contributed by atoms with Crippen LogP contribution < -0.4 is 0 Å². The van der Waals surface area contributed by atoms with Crippen LogP contribution in [0.3, 0.4) is 0 Å². The van der Waals surface area contributed by atoms with Crippen LogP contribution in [0.1, 0.15) is 43.2 Å². The molecule has 4 heterocycles. The smallest absolute Gasteiger partial charge is 0.0457 e. The Balaban J connectivity index is 1.44. The first-order valence-electron chi connectivity index (χ1n) is 10.0. The molecule has 3 nitrogen and oxygen atoms in total. The van der Waals surface area contributed by atoms with Crippen molar-refractivity contribution in [3.05, 3.63) is 41.6 Å². The molecule has 3 aliphatic rings. The van der Waals surface area contributed by atoms with E-state index in [0.29, 0.717) is 6.04 Å². The number of likely N-dealkylation sites (N-methyl/N-ethyl adjacent to an activating group) is 1. The topological polar surface area (TPSA) is 22.3 Å². The summed E-state index contributed by atoms with van der Waals surface area (Å²) in [5.41, 5.74) is 5.79. The summed E-state index contributed by atoms with van der Waals surface area (Å²) < 4.78 is 0. The Labute approximate surface area is 150 Å². The largest absolute Gasteiger partial charge is 0.361 e. The van der Waals surface area contributed by atoms with Gasteiger partial charge in [-0.1, -0.05) is 12.1 Å². The molecular formula is C22H29N3.